The van der Waals surface area contributed by atoms with E-state index in [4.69, 9.17) is 0 Å². The van der Waals surface area contributed by atoms with Crippen molar-refractivity contribution in [1.29, 1.82) is 0 Å². The highest BCUT2D eigenvalue weighted by Gasteiger charge is 2.42. The lowest BCUT2D eigenvalue weighted by molar-refractivity contribution is 0.239. The van der Waals surface area contributed by atoms with Gasteiger partial charge in [-0.05, 0) is 42.3 Å². The average Bonchev–Trinajstić information content (AvgIpc) is 2.39. The van der Waals surface area contributed by atoms with Crippen molar-refractivity contribution in [2.24, 2.45) is 5.41 Å². The summed E-state index contributed by atoms with van der Waals surface area (Å²) in [4.78, 5) is 0. The number of fused-ring (bicyclic) bond motifs is 3. The molecule has 2 aliphatic rings. The summed E-state index contributed by atoms with van der Waals surface area (Å²) in [6, 6.07) is 9.57. The number of nitrogens with one attached hydrogen (secondary N) is 1. The molecule has 1 heterocycles. The minimum atomic E-state index is 0. The summed E-state index contributed by atoms with van der Waals surface area (Å²) in [6.45, 7) is 3.64. The molecule has 0 bridgehead atoms. The zero-order chi connectivity index (χ0) is 10.3. The SMILES string of the molecule is CC12CCCCNC1c1ccccc1C2.Cl. The van der Waals surface area contributed by atoms with Crippen molar-refractivity contribution in [2.45, 2.75) is 38.6 Å². The first kappa shape index (κ1) is 11.9. The Morgan fingerprint density at radius 3 is 2.94 bits per heavy atom. The van der Waals surface area contributed by atoms with Gasteiger partial charge in [-0.25, -0.2) is 0 Å². The van der Waals surface area contributed by atoms with Crippen molar-refractivity contribution in [1.82, 2.24) is 5.32 Å². The zero-order valence-corrected chi connectivity index (χ0v) is 10.6. The van der Waals surface area contributed by atoms with Gasteiger partial charge in [-0.1, -0.05) is 37.6 Å². The van der Waals surface area contributed by atoms with Crippen LogP contribution in [0.2, 0.25) is 0 Å². The van der Waals surface area contributed by atoms with Gasteiger partial charge in [0.05, 0.1) is 0 Å². The van der Waals surface area contributed by atoms with Crippen molar-refractivity contribution >= 4 is 12.4 Å². The molecule has 1 aliphatic heterocycles. The van der Waals surface area contributed by atoms with Crippen molar-refractivity contribution < 1.29 is 0 Å². The minimum Gasteiger partial charge on any atom is -0.309 e. The third-order valence-electron chi connectivity index (χ3n) is 4.18. The van der Waals surface area contributed by atoms with Crippen LogP contribution < -0.4 is 5.32 Å². The van der Waals surface area contributed by atoms with E-state index in [1.807, 2.05) is 0 Å². The maximum absolute atomic E-state index is 3.74. The van der Waals surface area contributed by atoms with Crippen LogP contribution in [-0.2, 0) is 6.42 Å². The maximum Gasteiger partial charge on any atom is 0.0380 e. The van der Waals surface area contributed by atoms with Crippen molar-refractivity contribution in [3.8, 4) is 0 Å². The molecule has 2 unspecified atom stereocenters. The third kappa shape index (κ3) is 1.76. The molecule has 1 N–H and O–H groups in total. The Kier molecular flexibility index (Phi) is 3.27. The van der Waals surface area contributed by atoms with E-state index in [-0.39, 0.29) is 12.4 Å². The number of hydrogen-bond acceptors (Lipinski definition) is 1. The first-order valence-electron chi connectivity index (χ1n) is 6.11. The highest BCUT2D eigenvalue weighted by atomic mass is 35.5. The first-order chi connectivity index (χ1) is 7.30. The fourth-order valence-electron chi connectivity index (χ4n) is 3.38. The van der Waals surface area contributed by atoms with E-state index in [9.17, 15) is 0 Å². The van der Waals surface area contributed by atoms with Crippen LogP contribution in [0.15, 0.2) is 24.3 Å². The van der Waals surface area contributed by atoms with E-state index in [1.165, 1.54) is 32.2 Å². The molecule has 0 saturated carbocycles. The Balaban J connectivity index is 0.000000963. The summed E-state index contributed by atoms with van der Waals surface area (Å²) in [5.74, 6) is 0. The molecule has 0 radical (unpaired) electrons. The summed E-state index contributed by atoms with van der Waals surface area (Å²) in [5.41, 5.74) is 3.60. The van der Waals surface area contributed by atoms with Gasteiger partial charge in [-0.15, -0.1) is 12.4 Å². The Morgan fingerprint density at radius 2 is 2.06 bits per heavy atom. The lowest BCUT2D eigenvalue weighted by Crippen LogP contribution is -2.31. The highest BCUT2D eigenvalue weighted by Crippen LogP contribution is 2.49. The van der Waals surface area contributed by atoms with Gasteiger partial charge in [0, 0.05) is 6.04 Å². The molecule has 88 valence electrons. The summed E-state index contributed by atoms with van der Waals surface area (Å²) in [7, 11) is 0. The quantitative estimate of drug-likeness (QED) is 0.729. The molecule has 1 aliphatic carbocycles. The molecule has 0 amide bonds. The van der Waals surface area contributed by atoms with Crippen LogP contribution in [0.5, 0.6) is 0 Å². The fourth-order valence-corrected chi connectivity index (χ4v) is 3.38. The van der Waals surface area contributed by atoms with Gasteiger partial charge in [-0.3, -0.25) is 0 Å². The van der Waals surface area contributed by atoms with Crippen molar-refractivity contribution in [3.05, 3.63) is 35.4 Å². The smallest absolute Gasteiger partial charge is 0.0380 e. The predicted molar refractivity (Wildman–Crippen MR) is 70.1 cm³/mol. The van der Waals surface area contributed by atoms with Crippen molar-refractivity contribution in [2.75, 3.05) is 6.54 Å². The molecular weight excluding hydrogens is 218 g/mol. The second-order valence-corrected chi connectivity index (χ2v) is 5.37. The number of rotatable bonds is 0. The maximum atomic E-state index is 3.74. The summed E-state index contributed by atoms with van der Waals surface area (Å²) in [6.07, 6.45) is 5.36. The number of halogens is 1. The number of hydrogen-bond donors (Lipinski definition) is 1. The van der Waals surface area contributed by atoms with Crippen LogP contribution in [0.25, 0.3) is 0 Å². The predicted octanol–water partition coefficient (Wildman–Crippen LogP) is 3.49. The first-order valence-corrected chi connectivity index (χ1v) is 6.11. The molecule has 3 rings (SSSR count). The highest BCUT2D eigenvalue weighted by molar-refractivity contribution is 5.85. The van der Waals surface area contributed by atoms with Crippen LogP contribution in [0.1, 0.15) is 43.4 Å². The van der Waals surface area contributed by atoms with E-state index in [2.05, 4.69) is 36.5 Å². The number of benzene rings is 1. The van der Waals surface area contributed by atoms with Crippen LogP contribution in [0.4, 0.5) is 0 Å². The summed E-state index contributed by atoms with van der Waals surface area (Å²) in [5, 5.41) is 3.74. The van der Waals surface area contributed by atoms with E-state index < -0.39 is 0 Å². The molecule has 2 atom stereocenters. The Labute approximate surface area is 104 Å². The van der Waals surface area contributed by atoms with Gasteiger partial charge in [0.15, 0.2) is 0 Å². The molecule has 1 nitrogen and oxygen atoms in total. The molecule has 1 saturated heterocycles. The monoisotopic (exact) mass is 237 g/mol. The molecule has 0 spiro atoms. The van der Waals surface area contributed by atoms with Gasteiger partial charge < -0.3 is 5.32 Å². The van der Waals surface area contributed by atoms with Crippen LogP contribution in [0.3, 0.4) is 0 Å². The van der Waals surface area contributed by atoms with E-state index >= 15 is 0 Å². The van der Waals surface area contributed by atoms with Crippen LogP contribution in [0, 0.1) is 5.41 Å². The Morgan fingerprint density at radius 1 is 1.25 bits per heavy atom. The second-order valence-electron chi connectivity index (χ2n) is 5.37. The molecule has 16 heavy (non-hydrogen) atoms. The molecule has 1 fully saturated rings. The molecule has 1 aromatic carbocycles. The third-order valence-corrected chi connectivity index (χ3v) is 4.18. The molecule has 1 aromatic rings. The normalized spacial score (nSPS) is 32.2. The van der Waals surface area contributed by atoms with Gasteiger partial charge in [0.2, 0.25) is 0 Å². The average molecular weight is 238 g/mol. The van der Waals surface area contributed by atoms with Crippen LogP contribution in [-0.4, -0.2) is 6.54 Å². The van der Waals surface area contributed by atoms with Crippen molar-refractivity contribution in [3.63, 3.8) is 0 Å². The summed E-state index contributed by atoms with van der Waals surface area (Å²) >= 11 is 0. The van der Waals surface area contributed by atoms with Crippen LogP contribution >= 0.6 is 12.4 Å². The Hall–Kier alpha value is -0.530. The van der Waals surface area contributed by atoms with E-state index in [1.54, 1.807) is 11.1 Å². The van der Waals surface area contributed by atoms with Gasteiger partial charge in [-0.2, -0.15) is 0 Å². The van der Waals surface area contributed by atoms with Gasteiger partial charge >= 0.3 is 0 Å². The van der Waals surface area contributed by atoms with E-state index in [0.29, 0.717) is 11.5 Å². The van der Waals surface area contributed by atoms with E-state index in [0.717, 1.165) is 0 Å². The molecular formula is C14H20ClN. The fraction of sp³-hybridized carbons (Fsp3) is 0.571. The Bertz CT molecular complexity index is 377. The minimum absolute atomic E-state index is 0. The standard InChI is InChI=1S/C14H19N.ClH/c1-14-8-4-5-9-15-13(14)12-7-3-2-6-11(12)10-14;/h2-3,6-7,13,15H,4-5,8-10H2,1H3;1H. The zero-order valence-electron chi connectivity index (χ0n) is 9.83. The summed E-state index contributed by atoms with van der Waals surface area (Å²) < 4.78 is 0. The lowest BCUT2D eigenvalue weighted by atomic mass is 9.79. The second kappa shape index (κ2) is 4.38. The largest absolute Gasteiger partial charge is 0.309 e. The van der Waals surface area contributed by atoms with Gasteiger partial charge in [0.25, 0.3) is 0 Å². The lowest BCUT2D eigenvalue weighted by Gasteiger charge is -2.30. The topological polar surface area (TPSA) is 12.0 Å². The molecule has 2 heteroatoms. The molecule has 0 aromatic heterocycles. The van der Waals surface area contributed by atoms with Gasteiger partial charge in [0.1, 0.15) is 0 Å².